The molecule has 0 saturated carbocycles. The van der Waals surface area contributed by atoms with Gasteiger partial charge in [-0.15, -0.1) is 0 Å². The minimum Gasteiger partial charge on any atom is -0.481 e. The second-order valence-electron chi connectivity index (χ2n) is 2.42. The van der Waals surface area contributed by atoms with Crippen molar-refractivity contribution in [2.45, 2.75) is 19.8 Å². The topological polar surface area (TPSA) is 63.3 Å². The number of nitrogens with two attached hydrogens (primary N) is 1. The van der Waals surface area contributed by atoms with Gasteiger partial charge in [0.05, 0.1) is 5.92 Å². The van der Waals surface area contributed by atoms with E-state index in [-0.39, 0.29) is 5.92 Å². The third-order valence-corrected chi connectivity index (χ3v) is 1.52. The highest BCUT2D eigenvalue weighted by molar-refractivity contribution is 5.70. The molecule has 0 amide bonds. The summed E-state index contributed by atoms with van der Waals surface area (Å²) in [6, 6.07) is 0. The van der Waals surface area contributed by atoms with Crippen LogP contribution < -0.4 is 5.73 Å². The van der Waals surface area contributed by atoms with Gasteiger partial charge >= 0.3 is 5.97 Å². The molecule has 0 aromatic rings. The summed E-state index contributed by atoms with van der Waals surface area (Å²) in [6.45, 7) is 2.32. The van der Waals surface area contributed by atoms with Gasteiger partial charge < -0.3 is 10.8 Å². The van der Waals surface area contributed by atoms with Crippen molar-refractivity contribution in [2.24, 2.45) is 11.7 Å². The fourth-order valence-electron chi connectivity index (χ4n) is 0.844. The van der Waals surface area contributed by atoms with E-state index >= 15 is 0 Å². The normalized spacial score (nSPS) is 13.6. The first-order chi connectivity index (χ1) is 5.22. The first-order valence-corrected chi connectivity index (χ1v) is 3.76. The SMILES string of the molecule is C/C=C/CC(CCN)C(=O)O. The van der Waals surface area contributed by atoms with Gasteiger partial charge in [0.25, 0.3) is 0 Å². The Bertz CT molecular complexity index is 143. The highest BCUT2D eigenvalue weighted by Gasteiger charge is 2.13. The lowest BCUT2D eigenvalue weighted by molar-refractivity contribution is -0.141. The van der Waals surface area contributed by atoms with E-state index in [0.717, 1.165) is 0 Å². The smallest absolute Gasteiger partial charge is 0.306 e. The zero-order valence-electron chi connectivity index (χ0n) is 6.79. The number of aliphatic carboxylic acids is 1. The summed E-state index contributed by atoms with van der Waals surface area (Å²) in [5, 5.41) is 8.64. The molecule has 3 heteroatoms. The number of carbonyl (C=O) groups is 1. The lowest BCUT2D eigenvalue weighted by Gasteiger charge is -2.06. The van der Waals surface area contributed by atoms with E-state index in [9.17, 15) is 4.79 Å². The molecule has 0 aromatic heterocycles. The maximum atomic E-state index is 10.5. The Hall–Kier alpha value is -0.830. The molecule has 0 aliphatic carbocycles. The van der Waals surface area contributed by atoms with Crippen LogP contribution in [-0.4, -0.2) is 17.6 Å². The number of rotatable bonds is 5. The van der Waals surface area contributed by atoms with Crippen molar-refractivity contribution in [1.82, 2.24) is 0 Å². The maximum Gasteiger partial charge on any atom is 0.306 e. The number of hydrogen-bond donors (Lipinski definition) is 2. The van der Waals surface area contributed by atoms with Crippen molar-refractivity contribution in [3.05, 3.63) is 12.2 Å². The first kappa shape index (κ1) is 10.2. The highest BCUT2D eigenvalue weighted by atomic mass is 16.4. The third kappa shape index (κ3) is 4.56. The lowest BCUT2D eigenvalue weighted by Crippen LogP contribution is -2.17. The van der Waals surface area contributed by atoms with E-state index in [0.29, 0.717) is 19.4 Å². The fourth-order valence-corrected chi connectivity index (χ4v) is 0.844. The molecule has 0 rings (SSSR count). The van der Waals surface area contributed by atoms with Gasteiger partial charge in [0.15, 0.2) is 0 Å². The van der Waals surface area contributed by atoms with Crippen LogP contribution >= 0.6 is 0 Å². The minimum absolute atomic E-state index is 0.309. The molecule has 0 aliphatic rings. The van der Waals surface area contributed by atoms with Crippen LogP contribution in [-0.2, 0) is 4.79 Å². The van der Waals surface area contributed by atoms with Crippen LogP contribution in [0.15, 0.2) is 12.2 Å². The molecule has 3 nitrogen and oxygen atoms in total. The van der Waals surface area contributed by atoms with Crippen LogP contribution in [0.5, 0.6) is 0 Å². The van der Waals surface area contributed by atoms with E-state index in [1.165, 1.54) is 0 Å². The summed E-state index contributed by atoms with van der Waals surface area (Å²) in [7, 11) is 0. The molecule has 64 valence electrons. The summed E-state index contributed by atoms with van der Waals surface area (Å²) < 4.78 is 0. The molecule has 3 N–H and O–H groups in total. The van der Waals surface area contributed by atoms with Gasteiger partial charge in [-0.05, 0) is 26.3 Å². The molecule has 0 spiro atoms. The molecule has 1 unspecified atom stereocenters. The van der Waals surface area contributed by atoms with Crippen molar-refractivity contribution < 1.29 is 9.90 Å². The molecular formula is C8H15NO2. The Labute approximate surface area is 66.9 Å². The molecule has 0 fully saturated rings. The van der Waals surface area contributed by atoms with E-state index in [1.54, 1.807) is 0 Å². The van der Waals surface area contributed by atoms with Gasteiger partial charge in [-0.2, -0.15) is 0 Å². The minimum atomic E-state index is -0.756. The summed E-state index contributed by atoms with van der Waals surface area (Å²) in [5.41, 5.74) is 5.25. The van der Waals surface area contributed by atoms with Crippen LogP contribution in [0.2, 0.25) is 0 Å². The van der Waals surface area contributed by atoms with Gasteiger partial charge in [0, 0.05) is 0 Å². The predicted octanol–water partition coefficient (Wildman–Crippen LogP) is 1.00. The standard InChI is InChI=1S/C8H15NO2/c1-2-3-4-7(5-6-9)8(10)11/h2-3,7H,4-6,9H2,1H3,(H,10,11)/b3-2+. The first-order valence-electron chi connectivity index (χ1n) is 3.76. The van der Waals surface area contributed by atoms with E-state index < -0.39 is 5.97 Å². The van der Waals surface area contributed by atoms with Crippen LogP contribution in [0.25, 0.3) is 0 Å². The summed E-state index contributed by atoms with van der Waals surface area (Å²) in [5.74, 6) is -1.07. The van der Waals surface area contributed by atoms with Crippen molar-refractivity contribution in [2.75, 3.05) is 6.54 Å². The lowest BCUT2D eigenvalue weighted by atomic mass is 10.0. The Kier molecular flexibility index (Phi) is 5.47. The van der Waals surface area contributed by atoms with Gasteiger partial charge in [-0.3, -0.25) is 4.79 Å². The van der Waals surface area contributed by atoms with Crippen molar-refractivity contribution in [3.8, 4) is 0 Å². The molecule has 0 heterocycles. The van der Waals surface area contributed by atoms with Gasteiger partial charge in [-0.25, -0.2) is 0 Å². The summed E-state index contributed by atoms with van der Waals surface area (Å²) in [6.07, 6.45) is 4.85. The monoisotopic (exact) mass is 157 g/mol. The Morgan fingerprint density at radius 2 is 2.36 bits per heavy atom. The molecule has 0 bridgehead atoms. The van der Waals surface area contributed by atoms with Gasteiger partial charge in [0.2, 0.25) is 0 Å². The predicted molar refractivity (Wildman–Crippen MR) is 44.2 cm³/mol. The molecule has 1 atom stereocenters. The second-order valence-corrected chi connectivity index (χ2v) is 2.42. The summed E-state index contributed by atoms with van der Waals surface area (Å²) in [4.78, 5) is 10.5. The van der Waals surface area contributed by atoms with Crippen molar-refractivity contribution >= 4 is 5.97 Å². The Morgan fingerprint density at radius 3 is 2.73 bits per heavy atom. The molecule has 0 aromatic carbocycles. The van der Waals surface area contributed by atoms with Gasteiger partial charge in [0.1, 0.15) is 0 Å². The average Bonchev–Trinajstić information content (AvgIpc) is 1.97. The average molecular weight is 157 g/mol. The molecular weight excluding hydrogens is 142 g/mol. The van der Waals surface area contributed by atoms with Crippen LogP contribution in [0, 0.1) is 5.92 Å². The maximum absolute atomic E-state index is 10.5. The molecule has 11 heavy (non-hydrogen) atoms. The van der Waals surface area contributed by atoms with Crippen LogP contribution in [0.1, 0.15) is 19.8 Å². The Morgan fingerprint density at radius 1 is 1.73 bits per heavy atom. The van der Waals surface area contributed by atoms with E-state index in [2.05, 4.69) is 0 Å². The summed E-state index contributed by atoms with van der Waals surface area (Å²) >= 11 is 0. The highest BCUT2D eigenvalue weighted by Crippen LogP contribution is 2.08. The second kappa shape index (κ2) is 5.92. The molecule has 0 aliphatic heterocycles. The van der Waals surface area contributed by atoms with E-state index in [1.807, 2.05) is 19.1 Å². The number of carboxylic acids is 1. The van der Waals surface area contributed by atoms with Crippen molar-refractivity contribution in [1.29, 1.82) is 0 Å². The van der Waals surface area contributed by atoms with E-state index in [4.69, 9.17) is 10.8 Å². The van der Waals surface area contributed by atoms with Crippen molar-refractivity contribution in [3.63, 3.8) is 0 Å². The molecule has 0 saturated heterocycles. The number of allylic oxidation sites excluding steroid dienone is 2. The fraction of sp³-hybridized carbons (Fsp3) is 0.625. The third-order valence-electron chi connectivity index (χ3n) is 1.52. The number of hydrogen-bond acceptors (Lipinski definition) is 2. The zero-order valence-corrected chi connectivity index (χ0v) is 6.79. The van der Waals surface area contributed by atoms with Crippen LogP contribution in [0.3, 0.4) is 0 Å². The van der Waals surface area contributed by atoms with Gasteiger partial charge in [-0.1, -0.05) is 12.2 Å². The van der Waals surface area contributed by atoms with Crippen LogP contribution in [0.4, 0.5) is 0 Å². The quantitative estimate of drug-likeness (QED) is 0.585. The zero-order chi connectivity index (χ0) is 8.69. The Balaban J connectivity index is 3.79. The number of carboxylic acid groups (broad SMARTS) is 1. The molecule has 0 radical (unpaired) electrons. The largest absolute Gasteiger partial charge is 0.481 e.